The minimum Gasteiger partial charge on any atom is -0.341 e. The molecule has 0 spiro atoms. The second-order valence-electron chi connectivity index (χ2n) is 5.94. The van der Waals surface area contributed by atoms with Crippen molar-refractivity contribution in [2.24, 2.45) is 17.1 Å². The molecule has 0 bridgehead atoms. The first kappa shape index (κ1) is 10.9. The predicted molar refractivity (Wildman–Crippen MR) is 60.3 cm³/mol. The fraction of sp³-hybridized carbons (Fsp3) is 0.917. The van der Waals surface area contributed by atoms with E-state index in [2.05, 4.69) is 20.8 Å². The number of likely N-dealkylation sites (tertiary alicyclic amines) is 1. The van der Waals surface area contributed by atoms with Crippen LogP contribution in [0.4, 0.5) is 0 Å². The van der Waals surface area contributed by atoms with E-state index in [0.29, 0.717) is 11.3 Å². The van der Waals surface area contributed by atoms with Crippen LogP contribution in [0.1, 0.15) is 40.0 Å². The van der Waals surface area contributed by atoms with Crippen molar-refractivity contribution in [3.8, 4) is 0 Å². The molecule has 1 atom stereocenters. The maximum Gasteiger partial charge on any atom is 0.242 e. The summed E-state index contributed by atoms with van der Waals surface area (Å²) in [4.78, 5) is 14.0. The quantitative estimate of drug-likeness (QED) is 0.748. The van der Waals surface area contributed by atoms with Gasteiger partial charge < -0.3 is 10.6 Å². The smallest absolute Gasteiger partial charge is 0.242 e. The Balaban J connectivity index is 2.01. The molecule has 0 aromatic rings. The van der Waals surface area contributed by atoms with Crippen LogP contribution in [0.3, 0.4) is 0 Å². The van der Waals surface area contributed by atoms with E-state index in [4.69, 9.17) is 5.73 Å². The topological polar surface area (TPSA) is 46.3 Å². The van der Waals surface area contributed by atoms with Gasteiger partial charge >= 0.3 is 0 Å². The van der Waals surface area contributed by atoms with E-state index in [1.54, 1.807) is 0 Å². The lowest BCUT2D eigenvalue weighted by molar-refractivity contribution is -0.133. The van der Waals surface area contributed by atoms with Crippen LogP contribution in [0.15, 0.2) is 0 Å². The van der Waals surface area contributed by atoms with Gasteiger partial charge in [0.05, 0.1) is 5.54 Å². The lowest BCUT2D eigenvalue weighted by atomic mass is 9.78. The fourth-order valence-electron chi connectivity index (χ4n) is 2.29. The molecule has 2 aliphatic rings. The number of rotatable bonds is 2. The molecule has 0 unspecified atom stereocenters. The number of hydrogen-bond donors (Lipinski definition) is 1. The van der Waals surface area contributed by atoms with E-state index in [-0.39, 0.29) is 5.91 Å². The van der Waals surface area contributed by atoms with Gasteiger partial charge in [-0.25, -0.2) is 0 Å². The first-order chi connectivity index (χ1) is 6.87. The number of amides is 1. The zero-order valence-corrected chi connectivity index (χ0v) is 10.0. The van der Waals surface area contributed by atoms with Gasteiger partial charge in [-0.1, -0.05) is 20.8 Å². The average Bonchev–Trinajstić information content (AvgIpc) is 2.77. The zero-order valence-electron chi connectivity index (χ0n) is 10.0. The molecule has 0 aromatic carbocycles. The number of carbonyl (C=O) groups is 1. The van der Waals surface area contributed by atoms with Crippen LogP contribution in [0.2, 0.25) is 0 Å². The van der Waals surface area contributed by atoms with Gasteiger partial charge in [-0.05, 0) is 30.6 Å². The lowest BCUT2D eigenvalue weighted by Gasteiger charge is -2.29. The zero-order chi connectivity index (χ0) is 11.3. The Bertz CT molecular complexity index is 283. The Hall–Kier alpha value is -0.570. The molecular formula is C12H22N2O. The highest BCUT2D eigenvalue weighted by Crippen LogP contribution is 2.41. The molecule has 0 radical (unpaired) electrons. The number of nitrogens with two attached hydrogens (primary N) is 1. The van der Waals surface area contributed by atoms with Crippen molar-refractivity contribution >= 4 is 5.91 Å². The first-order valence-corrected chi connectivity index (χ1v) is 5.96. The maximum absolute atomic E-state index is 12.0. The molecule has 15 heavy (non-hydrogen) atoms. The maximum atomic E-state index is 12.0. The average molecular weight is 210 g/mol. The SMILES string of the molecule is CC(C)[C@@]1(C)CCN(C(=O)C2(N)CC2)C1. The predicted octanol–water partition coefficient (Wildman–Crippen LogP) is 1.37. The van der Waals surface area contributed by atoms with Gasteiger partial charge in [0, 0.05) is 13.1 Å². The van der Waals surface area contributed by atoms with Gasteiger partial charge in [0.2, 0.25) is 5.91 Å². The van der Waals surface area contributed by atoms with Gasteiger partial charge in [0.15, 0.2) is 0 Å². The van der Waals surface area contributed by atoms with Crippen molar-refractivity contribution in [1.82, 2.24) is 4.90 Å². The van der Waals surface area contributed by atoms with Gasteiger partial charge in [-0.2, -0.15) is 0 Å². The highest BCUT2D eigenvalue weighted by atomic mass is 16.2. The molecule has 1 amide bonds. The summed E-state index contributed by atoms with van der Waals surface area (Å²) in [6.07, 6.45) is 2.87. The minimum absolute atomic E-state index is 0.187. The van der Waals surface area contributed by atoms with Crippen LogP contribution in [-0.4, -0.2) is 29.4 Å². The van der Waals surface area contributed by atoms with Gasteiger partial charge in [0.1, 0.15) is 0 Å². The van der Waals surface area contributed by atoms with Crippen LogP contribution in [0.25, 0.3) is 0 Å². The number of hydrogen-bond acceptors (Lipinski definition) is 2. The van der Waals surface area contributed by atoms with Crippen molar-refractivity contribution in [1.29, 1.82) is 0 Å². The molecule has 86 valence electrons. The third kappa shape index (κ3) is 1.78. The van der Waals surface area contributed by atoms with E-state index >= 15 is 0 Å². The van der Waals surface area contributed by atoms with Crippen molar-refractivity contribution in [3.63, 3.8) is 0 Å². The summed E-state index contributed by atoms with van der Waals surface area (Å²) < 4.78 is 0. The summed E-state index contributed by atoms with van der Waals surface area (Å²) in [5.74, 6) is 0.815. The van der Waals surface area contributed by atoms with Crippen molar-refractivity contribution < 1.29 is 4.79 Å². The fourth-order valence-corrected chi connectivity index (χ4v) is 2.29. The second kappa shape index (κ2) is 3.21. The monoisotopic (exact) mass is 210 g/mol. The Morgan fingerprint density at radius 2 is 1.93 bits per heavy atom. The summed E-state index contributed by atoms with van der Waals surface area (Å²) in [5, 5.41) is 0. The molecule has 3 nitrogen and oxygen atoms in total. The molecule has 1 heterocycles. The standard InChI is InChI=1S/C12H22N2O/c1-9(2)11(3)6-7-14(8-11)10(15)12(13)4-5-12/h9H,4-8,13H2,1-3H3/t11-/m0/s1. The molecule has 0 aromatic heterocycles. The Morgan fingerprint density at radius 1 is 1.33 bits per heavy atom. The Kier molecular flexibility index (Phi) is 2.34. The lowest BCUT2D eigenvalue weighted by Crippen LogP contribution is -2.45. The summed E-state index contributed by atoms with van der Waals surface area (Å²) in [6.45, 7) is 8.54. The molecule has 2 rings (SSSR count). The van der Waals surface area contributed by atoms with Crippen LogP contribution in [0, 0.1) is 11.3 Å². The number of carbonyl (C=O) groups excluding carboxylic acids is 1. The molecule has 1 aliphatic heterocycles. The normalized spacial score (nSPS) is 33.5. The van der Waals surface area contributed by atoms with Crippen molar-refractivity contribution in [2.45, 2.75) is 45.6 Å². The van der Waals surface area contributed by atoms with Crippen LogP contribution < -0.4 is 5.73 Å². The Morgan fingerprint density at radius 3 is 2.33 bits per heavy atom. The molecule has 1 aliphatic carbocycles. The van der Waals surface area contributed by atoms with E-state index in [1.165, 1.54) is 0 Å². The minimum atomic E-state index is -0.484. The van der Waals surface area contributed by atoms with E-state index in [9.17, 15) is 4.79 Å². The van der Waals surface area contributed by atoms with Crippen LogP contribution >= 0.6 is 0 Å². The second-order valence-corrected chi connectivity index (χ2v) is 5.94. The number of nitrogens with zero attached hydrogens (tertiary/aromatic N) is 1. The van der Waals surface area contributed by atoms with Gasteiger partial charge in [-0.15, -0.1) is 0 Å². The van der Waals surface area contributed by atoms with Crippen molar-refractivity contribution in [2.75, 3.05) is 13.1 Å². The third-order valence-electron chi connectivity index (χ3n) is 4.40. The molecule has 1 saturated heterocycles. The molecule has 2 N–H and O–H groups in total. The largest absolute Gasteiger partial charge is 0.341 e. The molecule has 3 heteroatoms. The van der Waals surface area contributed by atoms with Crippen LogP contribution in [0.5, 0.6) is 0 Å². The van der Waals surface area contributed by atoms with Crippen LogP contribution in [-0.2, 0) is 4.79 Å². The van der Waals surface area contributed by atoms with E-state index in [1.807, 2.05) is 4.90 Å². The molecular weight excluding hydrogens is 188 g/mol. The van der Waals surface area contributed by atoms with Crippen molar-refractivity contribution in [3.05, 3.63) is 0 Å². The summed E-state index contributed by atoms with van der Waals surface area (Å²) >= 11 is 0. The Labute approximate surface area is 92.0 Å². The van der Waals surface area contributed by atoms with E-state index in [0.717, 1.165) is 32.4 Å². The summed E-state index contributed by atoms with van der Waals surface area (Å²) in [7, 11) is 0. The van der Waals surface area contributed by atoms with Gasteiger partial charge in [0.25, 0.3) is 0 Å². The van der Waals surface area contributed by atoms with Gasteiger partial charge in [-0.3, -0.25) is 4.79 Å². The molecule has 2 fully saturated rings. The summed E-state index contributed by atoms with van der Waals surface area (Å²) in [5.41, 5.74) is 5.75. The van der Waals surface area contributed by atoms with E-state index < -0.39 is 5.54 Å². The molecule has 1 saturated carbocycles. The summed E-state index contributed by atoms with van der Waals surface area (Å²) in [6, 6.07) is 0. The highest BCUT2D eigenvalue weighted by molar-refractivity contribution is 5.89. The first-order valence-electron chi connectivity index (χ1n) is 5.96. The highest BCUT2D eigenvalue weighted by Gasteiger charge is 2.50. The third-order valence-corrected chi connectivity index (χ3v) is 4.40.